The zero-order valence-electron chi connectivity index (χ0n) is 12.5. The molecule has 0 spiro atoms. The predicted molar refractivity (Wildman–Crippen MR) is 79.8 cm³/mol. The zero-order chi connectivity index (χ0) is 14.3. The number of benzene rings is 1. The molecule has 0 radical (unpaired) electrons. The molecular formula is C16H27NO2. The van der Waals surface area contributed by atoms with Crippen molar-refractivity contribution in [3.05, 3.63) is 29.8 Å². The van der Waals surface area contributed by atoms with Crippen molar-refractivity contribution < 1.29 is 9.84 Å². The van der Waals surface area contributed by atoms with Crippen LogP contribution in [0, 0.1) is 0 Å². The van der Waals surface area contributed by atoms with E-state index in [0.717, 1.165) is 12.2 Å². The molecule has 1 rings (SSSR count). The molecular weight excluding hydrogens is 238 g/mol. The van der Waals surface area contributed by atoms with Crippen LogP contribution in [0.25, 0.3) is 0 Å². The Bertz CT molecular complexity index is 366. The standard InChI is InChI=1S/C16H27NO2/c1-5-13(4)15-8-6-7-9-16(15)19-11-14(18)10-17-12(2)3/h6-9,12-14,17-18H,5,10-11H2,1-4H3/t13-,14+/m1/s1. The Balaban J connectivity index is 2.53. The van der Waals surface area contributed by atoms with Crippen molar-refractivity contribution in [3.8, 4) is 5.75 Å². The summed E-state index contributed by atoms with van der Waals surface area (Å²) in [5, 5.41) is 13.1. The largest absolute Gasteiger partial charge is 0.491 e. The Labute approximate surface area is 117 Å². The van der Waals surface area contributed by atoms with Crippen LogP contribution in [-0.4, -0.2) is 30.4 Å². The van der Waals surface area contributed by atoms with Gasteiger partial charge in [-0.1, -0.05) is 45.9 Å². The van der Waals surface area contributed by atoms with Gasteiger partial charge >= 0.3 is 0 Å². The molecule has 0 saturated heterocycles. The lowest BCUT2D eigenvalue weighted by molar-refractivity contribution is 0.104. The summed E-state index contributed by atoms with van der Waals surface area (Å²) in [6.45, 7) is 9.37. The van der Waals surface area contributed by atoms with Crippen LogP contribution >= 0.6 is 0 Å². The summed E-state index contributed by atoms with van der Waals surface area (Å²) < 4.78 is 5.76. The minimum atomic E-state index is -0.479. The molecule has 3 heteroatoms. The average Bonchev–Trinajstić information content (AvgIpc) is 2.42. The molecule has 0 heterocycles. The Morgan fingerprint density at radius 2 is 1.89 bits per heavy atom. The molecule has 0 aliphatic carbocycles. The van der Waals surface area contributed by atoms with Gasteiger partial charge in [-0.15, -0.1) is 0 Å². The van der Waals surface area contributed by atoms with Crippen LogP contribution in [-0.2, 0) is 0 Å². The summed E-state index contributed by atoms with van der Waals surface area (Å²) in [4.78, 5) is 0. The second-order valence-electron chi connectivity index (χ2n) is 5.37. The van der Waals surface area contributed by atoms with Crippen LogP contribution < -0.4 is 10.1 Å². The second kappa shape index (κ2) is 8.18. The smallest absolute Gasteiger partial charge is 0.122 e. The number of aliphatic hydroxyl groups is 1. The molecule has 0 bridgehead atoms. The highest BCUT2D eigenvalue weighted by atomic mass is 16.5. The first-order chi connectivity index (χ1) is 9.04. The van der Waals surface area contributed by atoms with Gasteiger partial charge < -0.3 is 15.2 Å². The van der Waals surface area contributed by atoms with Gasteiger partial charge in [-0.3, -0.25) is 0 Å². The van der Waals surface area contributed by atoms with Crippen LogP contribution in [0.5, 0.6) is 5.75 Å². The lowest BCUT2D eigenvalue weighted by Crippen LogP contribution is -2.35. The van der Waals surface area contributed by atoms with Gasteiger partial charge in [0.05, 0.1) is 0 Å². The maximum Gasteiger partial charge on any atom is 0.122 e. The van der Waals surface area contributed by atoms with Crippen molar-refractivity contribution in [2.45, 2.75) is 52.2 Å². The van der Waals surface area contributed by atoms with E-state index >= 15 is 0 Å². The van der Waals surface area contributed by atoms with Crippen molar-refractivity contribution in [3.63, 3.8) is 0 Å². The van der Waals surface area contributed by atoms with E-state index in [1.165, 1.54) is 5.56 Å². The third-order valence-corrected chi connectivity index (χ3v) is 3.26. The molecule has 2 atom stereocenters. The molecule has 2 N–H and O–H groups in total. The summed E-state index contributed by atoms with van der Waals surface area (Å²) in [6, 6.07) is 8.46. The summed E-state index contributed by atoms with van der Waals surface area (Å²) >= 11 is 0. The topological polar surface area (TPSA) is 41.5 Å². The molecule has 3 nitrogen and oxygen atoms in total. The first-order valence-electron chi connectivity index (χ1n) is 7.17. The SMILES string of the molecule is CC[C@@H](C)c1ccccc1OC[C@@H](O)CNC(C)C. The molecule has 0 unspecified atom stereocenters. The van der Waals surface area contributed by atoms with E-state index in [1.54, 1.807) is 0 Å². The van der Waals surface area contributed by atoms with E-state index in [0.29, 0.717) is 25.1 Å². The summed E-state index contributed by atoms with van der Waals surface area (Å²) in [7, 11) is 0. The minimum Gasteiger partial charge on any atom is -0.491 e. The van der Waals surface area contributed by atoms with Gasteiger partial charge in [-0.2, -0.15) is 0 Å². The third-order valence-electron chi connectivity index (χ3n) is 3.26. The van der Waals surface area contributed by atoms with Crippen LogP contribution in [0.1, 0.15) is 45.6 Å². The number of hydrogen-bond acceptors (Lipinski definition) is 3. The van der Waals surface area contributed by atoms with Gasteiger partial charge in [-0.05, 0) is 24.0 Å². The molecule has 0 saturated carbocycles. The molecule has 0 fully saturated rings. The van der Waals surface area contributed by atoms with Crippen molar-refractivity contribution >= 4 is 0 Å². The van der Waals surface area contributed by atoms with E-state index in [2.05, 4.69) is 39.1 Å². The maximum atomic E-state index is 9.86. The van der Waals surface area contributed by atoms with Gasteiger partial charge in [0, 0.05) is 12.6 Å². The van der Waals surface area contributed by atoms with E-state index in [-0.39, 0.29) is 0 Å². The van der Waals surface area contributed by atoms with Crippen molar-refractivity contribution in [1.29, 1.82) is 0 Å². The summed E-state index contributed by atoms with van der Waals surface area (Å²) in [5.41, 5.74) is 1.22. The fourth-order valence-electron chi connectivity index (χ4n) is 1.86. The van der Waals surface area contributed by atoms with Crippen molar-refractivity contribution in [2.75, 3.05) is 13.2 Å². The minimum absolute atomic E-state index is 0.327. The number of para-hydroxylation sites is 1. The van der Waals surface area contributed by atoms with Crippen LogP contribution in [0.15, 0.2) is 24.3 Å². The van der Waals surface area contributed by atoms with Gasteiger partial charge in [0.15, 0.2) is 0 Å². The normalized spacial score (nSPS) is 14.4. The number of ether oxygens (including phenoxy) is 1. The Hall–Kier alpha value is -1.06. The number of aliphatic hydroxyl groups excluding tert-OH is 1. The predicted octanol–water partition coefficient (Wildman–Crippen LogP) is 2.94. The molecule has 0 aromatic heterocycles. The number of nitrogens with one attached hydrogen (secondary N) is 1. The van der Waals surface area contributed by atoms with Gasteiger partial charge in [0.2, 0.25) is 0 Å². The molecule has 0 aliphatic heterocycles. The highest BCUT2D eigenvalue weighted by Crippen LogP contribution is 2.28. The first-order valence-corrected chi connectivity index (χ1v) is 7.17. The zero-order valence-corrected chi connectivity index (χ0v) is 12.5. The Morgan fingerprint density at radius 3 is 2.53 bits per heavy atom. The molecule has 108 valence electrons. The molecule has 19 heavy (non-hydrogen) atoms. The molecule has 0 amide bonds. The van der Waals surface area contributed by atoms with Crippen molar-refractivity contribution in [1.82, 2.24) is 5.32 Å². The summed E-state index contributed by atoms with van der Waals surface area (Å²) in [5.74, 6) is 1.36. The van der Waals surface area contributed by atoms with E-state index in [4.69, 9.17) is 4.74 Å². The molecule has 1 aromatic carbocycles. The van der Waals surface area contributed by atoms with Crippen LogP contribution in [0.4, 0.5) is 0 Å². The van der Waals surface area contributed by atoms with Gasteiger partial charge in [-0.25, -0.2) is 0 Å². The molecule has 1 aromatic rings. The van der Waals surface area contributed by atoms with Crippen molar-refractivity contribution in [2.24, 2.45) is 0 Å². The third kappa shape index (κ3) is 5.62. The van der Waals surface area contributed by atoms with E-state index in [9.17, 15) is 5.11 Å². The molecule has 0 aliphatic rings. The van der Waals surface area contributed by atoms with Crippen LogP contribution in [0.2, 0.25) is 0 Å². The monoisotopic (exact) mass is 265 g/mol. The average molecular weight is 265 g/mol. The van der Waals surface area contributed by atoms with E-state index in [1.807, 2.05) is 18.2 Å². The Morgan fingerprint density at radius 1 is 1.21 bits per heavy atom. The highest BCUT2D eigenvalue weighted by molar-refractivity contribution is 5.35. The quantitative estimate of drug-likeness (QED) is 0.759. The Kier molecular flexibility index (Phi) is 6.89. The maximum absolute atomic E-state index is 9.86. The lowest BCUT2D eigenvalue weighted by Gasteiger charge is -2.18. The van der Waals surface area contributed by atoms with Gasteiger partial charge in [0.1, 0.15) is 18.5 Å². The first kappa shape index (κ1) is 16.0. The van der Waals surface area contributed by atoms with Crippen LogP contribution in [0.3, 0.4) is 0 Å². The summed E-state index contributed by atoms with van der Waals surface area (Å²) in [6.07, 6.45) is 0.602. The van der Waals surface area contributed by atoms with Gasteiger partial charge in [0.25, 0.3) is 0 Å². The fourth-order valence-corrected chi connectivity index (χ4v) is 1.86. The van der Waals surface area contributed by atoms with E-state index < -0.39 is 6.10 Å². The highest BCUT2D eigenvalue weighted by Gasteiger charge is 2.11. The number of rotatable bonds is 8. The lowest BCUT2D eigenvalue weighted by atomic mass is 9.98. The second-order valence-corrected chi connectivity index (χ2v) is 5.37. The fraction of sp³-hybridized carbons (Fsp3) is 0.625. The number of hydrogen-bond donors (Lipinski definition) is 2.